The Balaban J connectivity index is 2.72. The van der Waals surface area contributed by atoms with E-state index in [2.05, 4.69) is 15.9 Å². The minimum absolute atomic E-state index is 0.00724. The zero-order chi connectivity index (χ0) is 12.0. The number of hydrogen-bond acceptors (Lipinski definition) is 4. The number of nitrogens with zero attached hydrogens (tertiary/aromatic N) is 1. The minimum Gasteiger partial charge on any atom is -0.489 e. The molecule has 16 heavy (non-hydrogen) atoms. The van der Waals surface area contributed by atoms with Crippen molar-refractivity contribution in [2.75, 3.05) is 13.2 Å². The van der Waals surface area contributed by atoms with Crippen molar-refractivity contribution in [2.45, 2.75) is 0 Å². The van der Waals surface area contributed by atoms with Crippen molar-refractivity contribution >= 4 is 21.6 Å². The van der Waals surface area contributed by atoms with Gasteiger partial charge in [-0.15, -0.1) is 0 Å². The number of non-ortho nitro benzene ring substituents is 1. The maximum atomic E-state index is 10.6. The number of rotatable bonds is 5. The summed E-state index contributed by atoms with van der Waals surface area (Å²) in [5.41, 5.74) is 5.25. The number of ether oxygens (including phenoxy) is 1. The largest absolute Gasteiger partial charge is 0.489 e. The molecule has 86 valence electrons. The Bertz CT molecular complexity index is 407. The SMILES string of the molecule is NC/C=C/COc1cc(Br)cc([N+](=O)[O-])c1. The molecule has 0 radical (unpaired) electrons. The third kappa shape index (κ3) is 4.00. The molecule has 1 rings (SSSR count). The predicted octanol–water partition coefficient (Wildman–Crippen LogP) is 2.25. The van der Waals surface area contributed by atoms with E-state index >= 15 is 0 Å². The van der Waals surface area contributed by atoms with Crippen molar-refractivity contribution < 1.29 is 9.66 Å². The standard InChI is InChI=1S/C10H11BrN2O3/c11-8-5-9(13(14)15)7-10(6-8)16-4-2-1-3-12/h1-2,5-7H,3-4,12H2/b2-1+. The van der Waals surface area contributed by atoms with Crippen LogP contribution in [0.1, 0.15) is 0 Å². The van der Waals surface area contributed by atoms with E-state index in [-0.39, 0.29) is 5.69 Å². The molecular weight excluding hydrogens is 276 g/mol. The summed E-state index contributed by atoms with van der Waals surface area (Å²) in [6.07, 6.45) is 3.51. The van der Waals surface area contributed by atoms with Crippen LogP contribution in [0, 0.1) is 10.1 Å². The summed E-state index contributed by atoms with van der Waals surface area (Å²) >= 11 is 3.18. The molecule has 1 aromatic rings. The molecule has 0 heterocycles. The van der Waals surface area contributed by atoms with Gasteiger partial charge in [0.1, 0.15) is 12.4 Å². The lowest BCUT2D eigenvalue weighted by atomic mass is 10.3. The Hall–Kier alpha value is -1.40. The summed E-state index contributed by atoms with van der Waals surface area (Å²) in [6, 6.07) is 4.47. The van der Waals surface area contributed by atoms with Crippen molar-refractivity contribution in [2.24, 2.45) is 5.73 Å². The number of hydrogen-bond donors (Lipinski definition) is 1. The van der Waals surface area contributed by atoms with Gasteiger partial charge in [-0.05, 0) is 6.07 Å². The van der Waals surface area contributed by atoms with E-state index in [9.17, 15) is 10.1 Å². The van der Waals surface area contributed by atoms with E-state index in [1.807, 2.05) is 0 Å². The van der Waals surface area contributed by atoms with Crippen LogP contribution in [0.5, 0.6) is 5.75 Å². The first-order valence-corrected chi connectivity index (χ1v) is 5.35. The van der Waals surface area contributed by atoms with Gasteiger partial charge in [-0.2, -0.15) is 0 Å². The van der Waals surface area contributed by atoms with Gasteiger partial charge in [0.05, 0.1) is 11.0 Å². The topological polar surface area (TPSA) is 78.4 Å². The number of nitro benzene ring substituents is 1. The average Bonchev–Trinajstić information content (AvgIpc) is 2.23. The van der Waals surface area contributed by atoms with Crippen molar-refractivity contribution in [1.29, 1.82) is 0 Å². The van der Waals surface area contributed by atoms with Crippen molar-refractivity contribution in [1.82, 2.24) is 0 Å². The van der Waals surface area contributed by atoms with Crippen LogP contribution in [0.25, 0.3) is 0 Å². The van der Waals surface area contributed by atoms with E-state index in [4.69, 9.17) is 10.5 Å². The van der Waals surface area contributed by atoms with Gasteiger partial charge in [0.25, 0.3) is 5.69 Å². The first kappa shape index (κ1) is 12.7. The summed E-state index contributed by atoms with van der Waals surface area (Å²) in [4.78, 5) is 10.1. The average molecular weight is 287 g/mol. The van der Waals surface area contributed by atoms with Gasteiger partial charge < -0.3 is 10.5 Å². The van der Waals surface area contributed by atoms with Gasteiger partial charge in [-0.25, -0.2) is 0 Å². The molecule has 0 atom stereocenters. The Kier molecular flexibility index (Phi) is 4.94. The highest BCUT2D eigenvalue weighted by Crippen LogP contribution is 2.25. The highest BCUT2D eigenvalue weighted by atomic mass is 79.9. The van der Waals surface area contributed by atoms with Crippen molar-refractivity contribution in [3.05, 3.63) is 44.9 Å². The number of nitrogens with two attached hydrogens (primary N) is 1. The number of nitro groups is 1. The van der Waals surface area contributed by atoms with Gasteiger partial charge in [0, 0.05) is 17.1 Å². The van der Waals surface area contributed by atoms with E-state index < -0.39 is 4.92 Å². The molecule has 0 amide bonds. The summed E-state index contributed by atoms with van der Waals surface area (Å²) < 4.78 is 5.91. The summed E-state index contributed by atoms with van der Waals surface area (Å²) in [7, 11) is 0. The second kappa shape index (κ2) is 6.24. The molecule has 0 aromatic heterocycles. The van der Waals surface area contributed by atoms with Gasteiger partial charge in [0.2, 0.25) is 0 Å². The Morgan fingerprint density at radius 1 is 1.44 bits per heavy atom. The van der Waals surface area contributed by atoms with Crippen LogP contribution in [0.4, 0.5) is 5.69 Å². The van der Waals surface area contributed by atoms with Gasteiger partial charge in [0.15, 0.2) is 0 Å². The van der Waals surface area contributed by atoms with Crippen LogP contribution < -0.4 is 10.5 Å². The fraction of sp³-hybridized carbons (Fsp3) is 0.200. The molecule has 0 saturated heterocycles. The van der Waals surface area contributed by atoms with E-state index in [0.717, 1.165) is 0 Å². The molecule has 0 fully saturated rings. The molecular formula is C10H11BrN2O3. The molecule has 0 aliphatic heterocycles. The maximum absolute atomic E-state index is 10.6. The molecule has 2 N–H and O–H groups in total. The minimum atomic E-state index is -0.465. The van der Waals surface area contributed by atoms with Crippen molar-refractivity contribution in [3.8, 4) is 5.75 Å². The fourth-order valence-electron chi connectivity index (χ4n) is 1.05. The Morgan fingerprint density at radius 3 is 2.81 bits per heavy atom. The van der Waals surface area contributed by atoms with Gasteiger partial charge in [-0.1, -0.05) is 28.1 Å². The van der Waals surface area contributed by atoms with Crippen molar-refractivity contribution in [3.63, 3.8) is 0 Å². The molecule has 0 saturated carbocycles. The zero-order valence-corrected chi connectivity index (χ0v) is 10.0. The first-order valence-electron chi connectivity index (χ1n) is 4.56. The number of halogens is 1. The maximum Gasteiger partial charge on any atom is 0.274 e. The molecule has 0 spiro atoms. The van der Waals surface area contributed by atoms with Crippen LogP contribution in [0.3, 0.4) is 0 Å². The van der Waals surface area contributed by atoms with Gasteiger partial charge >= 0.3 is 0 Å². The zero-order valence-electron chi connectivity index (χ0n) is 8.43. The lowest BCUT2D eigenvalue weighted by Gasteiger charge is -2.03. The molecule has 0 unspecified atom stereocenters. The molecule has 0 aliphatic carbocycles. The van der Waals surface area contributed by atoms with Gasteiger partial charge in [-0.3, -0.25) is 10.1 Å². The molecule has 6 heteroatoms. The van der Waals surface area contributed by atoms with Crippen LogP contribution in [-0.4, -0.2) is 18.1 Å². The first-order chi connectivity index (χ1) is 7.63. The van der Waals surface area contributed by atoms with E-state index in [1.165, 1.54) is 12.1 Å². The normalized spacial score (nSPS) is 10.6. The Morgan fingerprint density at radius 2 is 2.19 bits per heavy atom. The number of benzene rings is 1. The predicted molar refractivity (Wildman–Crippen MR) is 64.5 cm³/mol. The second-order valence-electron chi connectivity index (χ2n) is 2.92. The highest BCUT2D eigenvalue weighted by Gasteiger charge is 2.08. The molecule has 5 nitrogen and oxygen atoms in total. The van der Waals surface area contributed by atoms with Crippen LogP contribution in [0.15, 0.2) is 34.8 Å². The smallest absolute Gasteiger partial charge is 0.274 e. The van der Waals surface area contributed by atoms with E-state index in [1.54, 1.807) is 18.2 Å². The summed E-state index contributed by atoms with van der Waals surface area (Å²) in [5, 5.41) is 10.6. The summed E-state index contributed by atoms with van der Waals surface area (Å²) in [5.74, 6) is 0.447. The highest BCUT2D eigenvalue weighted by molar-refractivity contribution is 9.10. The molecule has 0 bridgehead atoms. The Labute approximate surface area is 101 Å². The lowest BCUT2D eigenvalue weighted by Crippen LogP contribution is -1.98. The third-order valence-electron chi connectivity index (χ3n) is 1.72. The second-order valence-corrected chi connectivity index (χ2v) is 3.84. The molecule has 1 aromatic carbocycles. The lowest BCUT2D eigenvalue weighted by molar-refractivity contribution is -0.385. The monoisotopic (exact) mass is 286 g/mol. The van der Waals surface area contributed by atoms with E-state index in [0.29, 0.717) is 23.4 Å². The summed E-state index contributed by atoms with van der Waals surface area (Å²) in [6.45, 7) is 0.785. The molecule has 0 aliphatic rings. The van der Waals surface area contributed by atoms with Crippen LogP contribution in [0.2, 0.25) is 0 Å². The fourth-order valence-corrected chi connectivity index (χ4v) is 1.51. The van der Waals surface area contributed by atoms with Crippen LogP contribution >= 0.6 is 15.9 Å². The van der Waals surface area contributed by atoms with Crippen LogP contribution in [-0.2, 0) is 0 Å². The third-order valence-corrected chi connectivity index (χ3v) is 2.17. The quantitative estimate of drug-likeness (QED) is 0.512.